The van der Waals surface area contributed by atoms with E-state index in [0.29, 0.717) is 6.61 Å². The topological polar surface area (TPSA) is 79.2 Å². The Labute approximate surface area is 198 Å². The molecule has 3 N–H and O–H groups in total. The quantitative estimate of drug-likeness (QED) is 0.230. The highest BCUT2D eigenvalue weighted by molar-refractivity contribution is 4.82. The van der Waals surface area contributed by atoms with Gasteiger partial charge < -0.3 is 24.8 Å². The molecule has 7 atom stereocenters. The van der Waals surface area contributed by atoms with Gasteiger partial charge in [0.1, 0.15) is 18.3 Å². The molecule has 0 bridgehead atoms. The fourth-order valence-corrected chi connectivity index (χ4v) is 4.66. The Kier molecular flexibility index (Phi) is 16.1. The molecule has 0 radical (unpaired) electrons. The van der Waals surface area contributed by atoms with Gasteiger partial charge in [0.15, 0.2) is 6.29 Å². The molecular formula is C27H54O5. The van der Waals surface area contributed by atoms with Gasteiger partial charge in [-0.3, -0.25) is 0 Å². The fourth-order valence-electron chi connectivity index (χ4n) is 4.66. The summed E-state index contributed by atoms with van der Waals surface area (Å²) in [7, 11) is 0. The van der Waals surface area contributed by atoms with Crippen LogP contribution in [0.5, 0.6) is 0 Å². The zero-order chi connectivity index (χ0) is 23.9. The van der Waals surface area contributed by atoms with Crippen LogP contribution in [0.1, 0.15) is 112 Å². The maximum atomic E-state index is 9.87. The average Bonchev–Trinajstić information content (AvgIpc) is 2.73. The standard InChI is InChI=1S/C27H54O5/c1-20(2)11-8-13-22(4)15-10-17-23(5)16-9-14-21(3)12-6-7-18-31-27-26(30)25(29)24(28)19-32-27/h20-30H,6-19H2,1-5H3. The third-order valence-electron chi connectivity index (χ3n) is 7.09. The van der Waals surface area contributed by atoms with Gasteiger partial charge in [0, 0.05) is 6.61 Å². The van der Waals surface area contributed by atoms with Crippen LogP contribution in [-0.2, 0) is 9.47 Å². The molecule has 1 fully saturated rings. The maximum Gasteiger partial charge on any atom is 0.186 e. The summed E-state index contributed by atoms with van der Waals surface area (Å²) >= 11 is 0. The van der Waals surface area contributed by atoms with E-state index >= 15 is 0 Å². The summed E-state index contributed by atoms with van der Waals surface area (Å²) in [6.45, 7) is 12.3. The molecule has 0 aromatic heterocycles. The Morgan fingerprint density at radius 2 is 1.12 bits per heavy atom. The fraction of sp³-hybridized carbons (Fsp3) is 1.00. The van der Waals surface area contributed by atoms with E-state index in [2.05, 4.69) is 34.6 Å². The number of unbranched alkanes of at least 4 members (excludes halogenated alkanes) is 1. The van der Waals surface area contributed by atoms with Gasteiger partial charge in [-0.15, -0.1) is 0 Å². The Morgan fingerprint density at radius 3 is 1.62 bits per heavy atom. The van der Waals surface area contributed by atoms with Crippen molar-refractivity contribution in [3.63, 3.8) is 0 Å². The summed E-state index contributed by atoms with van der Waals surface area (Å²) in [4.78, 5) is 0. The van der Waals surface area contributed by atoms with Gasteiger partial charge in [0.05, 0.1) is 6.61 Å². The van der Waals surface area contributed by atoms with E-state index in [0.717, 1.165) is 36.5 Å². The summed E-state index contributed by atoms with van der Waals surface area (Å²) in [6.07, 6.45) is 11.2. The molecule has 32 heavy (non-hydrogen) atoms. The van der Waals surface area contributed by atoms with Crippen molar-refractivity contribution in [2.24, 2.45) is 23.7 Å². The van der Waals surface area contributed by atoms with E-state index in [-0.39, 0.29) is 6.61 Å². The van der Waals surface area contributed by atoms with Crippen LogP contribution >= 0.6 is 0 Å². The number of rotatable bonds is 18. The van der Waals surface area contributed by atoms with Gasteiger partial charge in [-0.05, 0) is 30.1 Å². The van der Waals surface area contributed by atoms with Crippen molar-refractivity contribution in [3.05, 3.63) is 0 Å². The van der Waals surface area contributed by atoms with Crippen LogP contribution in [0.2, 0.25) is 0 Å². The molecule has 0 amide bonds. The lowest BCUT2D eigenvalue weighted by atomic mass is 9.90. The molecule has 192 valence electrons. The first-order chi connectivity index (χ1) is 15.2. The zero-order valence-corrected chi connectivity index (χ0v) is 21.7. The number of aliphatic hydroxyl groups is 3. The number of hydrogen-bond donors (Lipinski definition) is 3. The summed E-state index contributed by atoms with van der Waals surface area (Å²) in [5.74, 6) is 3.30. The van der Waals surface area contributed by atoms with Crippen LogP contribution in [-0.4, -0.2) is 53.1 Å². The molecule has 0 saturated carbocycles. The monoisotopic (exact) mass is 458 g/mol. The van der Waals surface area contributed by atoms with E-state index in [1.165, 1.54) is 64.2 Å². The average molecular weight is 459 g/mol. The zero-order valence-electron chi connectivity index (χ0n) is 21.7. The van der Waals surface area contributed by atoms with Crippen molar-refractivity contribution >= 4 is 0 Å². The van der Waals surface area contributed by atoms with Gasteiger partial charge in [0.2, 0.25) is 0 Å². The molecule has 1 saturated heterocycles. The minimum atomic E-state index is -1.20. The molecule has 1 aliphatic rings. The van der Waals surface area contributed by atoms with Crippen LogP contribution in [0, 0.1) is 23.7 Å². The van der Waals surface area contributed by atoms with Crippen LogP contribution in [0.3, 0.4) is 0 Å². The minimum Gasteiger partial charge on any atom is -0.388 e. The predicted molar refractivity (Wildman–Crippen MR) is 131 cm³/mol. The van der Waals surface area contributed by atoms with E-state index in [1.807, 2.05) is 0 Å². The van der Waals surface area contributed by atoms with E-state index in [1.54, 1.807) is 0 Å². The second-order valence-corrected chi connectivity index (χ2v) is 11.1. The number of aliphatic hydroxyl groups excluding tert-OH is 3. The normalized spacial score (nSPS) is 26.9. The number of hydrogen-bond acceptors (Lipinski definition) is 5. The lowest BCUT2D eigenvalue weighted by molar-refractivity contribution is -0.270. The molecular weight excluding hydrogens is 404 g/mol. The molecule has 0 aromatic rings. The summed E-state index contributed by atoms with van der Waals surface area (Å²) in [5.41, 5.74) is 0. The van der Waals surface area contributed by atoms with Crippen LogP contribution < -0.4 is 0 Å². The molecule has 7 unspecified atom stereocenters. The Morgan fingerprint density at radius 1 is 0.656 bits per heavy atom. The van der Waals surface area contributed by atoms with Crippen molar-refractivity contribution in [2.75, 3.05) is 13.2 Å². The van der Waals surface area contributed by atoms with Gasteiger partial charge in [-0.1, -0.05) is 105 Å². The Bertz CT molecular complexity index is 444. The summed E-state index contributed by atoms with van der Waals surface area (Å²) < 4.78 is 10.8. The van der Waals surface area contributed by atoms with Gasteiger partial charge in [-0.2, -0.15) is 0 Å². The first kappa shape index (κ1) is 29.8. The molecule has 1 heterocycles. The van der Waals surface area contributed by atoms with E-state index in [9.17, 15) is 15.3 Å². The summed E-state index contributed by atoms with van der Waals surface area (Å²) in [5, 5.41) is 29.0. The van der Waals surface area contributed by atoms with Crippen LogP contribution in [0.4, 0.5) is 0 Å². The second-order valence-electron chi connectivity index (χ2n) is 11.1. The maximum absolute atomic E-state index is 9.87. The molecule has 0 aliphatic carbocycles. The largest absolute Gasteiger partial charge is 0.388 e. The molecule has 5 nitrogen and oxygen atoms in total. The third-order valence-corrected chi connectivity index (χ3v) is 7.09. The molecule has 0 spiro atoms. The van der Waals surface area contributed by atoms with Crippen molar-refractivity contribution in [2.45, 2.75) is 136 Å². The van der Waals surface area contributed by atoms with Crippen molar-refractivity contribution in [3.8, 4) is 0 Å². The first-order valence-corrected chi connectivity index (χ1v) is 13.5. The summed E-state index contributed by atoms with van der Waals surface area (Å²) in [6, 6.07) is 0. The third kappa shape index (κ3) is 13.5. The SMILES string of the molecule is CC(C)CCCC(C)CCCC(C)CCCC(C)CCCCOC1OCC(O)C(O)C1O. The van der Waals surface area contributed by atoms with E-state index in [4.69, 9.17) is 9.47 Å². The number of ether oxygens (including phenoxy) is 2. The highest BCUT2D eigenvalue weighted by Crippen LogP contribution is 2.23. The van der Waals surface area contributed by atoms with Crippen molar-refractivity contribution in [1.82, 2.24) is 0 Å². The highest BCUT2D eigenvalue weighted by Gasteiger charge is 2.37. The Balaban J connectivity index is 1.97. The molecule has 1 rings (SSSR count). The van der Waals surface area contributed by atoms with Gasteiger partial charge >= 0.3 is 0 Å². The van der Waals surface area contributed by atoms with Crippen LogP contribution in [0.25, 0.3) is 0 Å². The highest BCUT2D eigenvalue weighted by atomic mass is 16.7. The van der Waals surface area contributed by atoms with Crippen LogP contribution in [0.15, 0.2) is 0 Å². The predicted octanol–water partition coefficient (Wildman–Crippen LogP) is 5.69. The second kappa shape index (κ2) is 17.3. The lowest BCUT2D eigenvalue weighted by Crippen LogP contribution is -2.53. The first-order valence-electron chi connectivity index (χ1n) is 13.5. The van der Waals surface area contributed by atoms with Crippen molar-refractivity contribution in [1.29, 1.82) is 0 Å². The molecule has 5 heteroatoms. The van der Waals surface area contributed by atoms with Crippen molar-refractivity contribution < 1.29 is 24.8 Å². The Hall–Kier alpha value is -0.200. The lowest BCUT2D eigenvalue weighted by Gasteiger charge is -2.34. The molecule has 0 aromatic carbocycles. The van der Waals surface area contributed by atoms with E-state index < -0.39 is 24.6 Å². The van der Waals surface area contributed by atoms with Gasteiger partial charge in [-0.25, -0.2) is 0 Å². The smallest absolute Gasteiger partial charge is 0.186 e. The van der Waals surface area contributed by atoms with Gasteiger partial charge in [0.25, 0.3) is 0 Å². The minimum absolute atomic E-state index is 0.00429. The molecule has 1 aliphatic heterocycles.